The summed E-state index contributed by atoms with van der Waals surface area (Å²) in [6.45, 7) is 4.96. The molecular formula is C16H20N2O4S. The highest BCUT2D eigenvalue weighted by atomic mass is 32.2. The molecule has 0 aromatic heterocycles. The topological polar surface area (TPSA) is 87.5 Å². The van der Waals surface area contributed by atoms with Gasteiger partial charge >= 0.3 is 0 Å². The number of ether oxygens (including phenoxy) is 1. The first-order chi connectivity index (χ1) is 10.7. The molecule has 0 bridgehead atoms. The Kier molecular flexibility index (Phi) is 5.07. The lowest BCUT2D eigenvalue weighted by molar-refractivity contribution is -0.143. The van der Waals surface area contributed by atoms with Crippen LogP contribution in [0.3, 0.4) is 0 Å². The van der Waals surface area contributed by atoms with Crippen molar-refractivity contribution in [2.45, 2.75) is 25.2 Å². The number of carbonyl (C=O) groups is 1. The lowest BCUT2D eigenvalue weighted by Gasteiger charge is -2.38. The second kappa shape index (κ2) is 6.69. The van der Waals surface area contributed by atoms with E-state index in [-0.39, 0.29) is 5.75 Å². The van der Waals surface area contributed by atoms with E-state index in [4.69, 9.17) is 10.00 Å². The molecule has 0 spiro atoms. The Labute approximate surface area is 136 Å². The van der Waals surface area contributed by atoms with Crippen molar-refractivity contribution >= 4 is 15.7 Å². The Morgan fingerprint density at radius 3 is 2.57 bits per heavy atom. The molecule has 0 unspecified atom stereocenters. The van der Waals surface area contributed by atoms with Crippen molar-refractivity contribution in [3.63, 3.8) is 0 Å². The maximum absolute atomic E-state index is 12.2. The van der Waals surface area contributed by atoms with Crippen LogP contribution < -0.4 is 0 Å². The molecule has 0 aliphatic carbocycles. The number of rotatable bonds is 4. The summed E-state index contributed by atoms with van der Waals surface area (Å²) in [6.07, 6.45) is 0. The van der Waals surface area contributed by atoms with Gasteiger partial charge < -0.3 is 9.64 Å². The predicted octanol–water partition coefficient (Wildman–Crippen LogP) is 1.11. The molecule has 1 heterocycles. The Balaban J connectivity index is 2.00. The molecule has 1 aliphatic rings. The molecule has 23 heavy (non-hydrogen) atoms. The molecule has 1 aromatic carbocycles. The summed E-state index contributed by atoms with van der Waals surface area (Å²) < 4.78 is 30.0. The lowest BCUT2D eigenvalue weighted by Crippen LogP contribution is -2.51. The van der Waals surface area contributed by atoms with Gasteiger partial charge in [0, 0.05) is 13.1 Å². The fourth-order valence-electron chi connectivity index (χ4n) is 2.49. The van der Waals surface area contributed by atoms with Crippen LogP contribution in [0, 0.1) is 11.3 Å². The minimum atomic E-state index is -3.55. The number of morpholine rings is 1. The molecule has 0 radical (unpaired) electrons. The van der Waals surface area contributed by atoms with Gasteiger partial charge in [-0.3, -0.25) is 4.79 Å². The molecule has 124 valence electrons. The molecule has 6 nitrogen and oxygen atoms in total. The Morgan fingerprint density at radius 2 is 2.00 bits per heavy atom. The van der Waals surface area contributed by atoms with Crippen LogP contribution >= 0.6 is 0 Å². The second-order valence-corrected chi connectivity index (χ2v) is 8.33. The normalized spacial score (nSPS) is 17.5. The van der Waals surface area contributed by atoms with Crippen molar-refractivity contribution in [2.75, 3.05) is 25.4 Å². The van der Waals surface area contributed by atoms with Crippen molar-refractivity contribution in [3.05, 3.63) is 35.4 Å². The summed E-state index contributed by atoms with van der Waals surface area (Å²) in [5, 5.41) is 8.74. The third kappa shape index (κ3) is 5.05. The largest absolute Gasteiger partial charge is 0.372 e. The van der Waals surface area contributed by atoms with Crippen molar-refractivity contribution in [1.29, 1.82) is 5.26 Å². The smallest absolute Gasteiger partial charge is 0.237 e. The summed E-state index contributed by atoms with van der Waals surface area (Å²) in [5.41, 5.74) is 0.585. The SMILES string of the molecule is CC1(C)CN(C(=O)CS(=O)(=O)Cc2ccc(C#N)cc2)CCO1. The fraction of sp³-hybridized carbons (Fsp3) is 0.500. The zero-order valence-electron chi connectivity index (χ0n) is 13.3. The van der Waals surface area contributed by atoms with Crippen LogP contribution in [0.5, 0.6) is 0 Å². The highest BCUT2D eigenvalue weighted by Gasteiger charge is 2.31. The number of hydrogen-bond acceptors (Lipinski definition) is 5. The van der Waals surface area contributed by atoms with E-state index in [9.17, 15) is 13.2 Å². The number of carbonyl (C=O) groups excluding carboxylic acids is 1. The van der Waals surface area contributed by atoms with Crippen LogP contribution in [0.1, 0.15) is 25.0 Å². The minimum Gasteiger partial charge on any atom is -0.372 e. The maximum Gasteiger partial charge on any atom is 0.237 e. The average molecular weight is 336 g/mol. The second-order valence-electron chi connectivity index (χ2n) is 6.26. The standard InChI is InChI=1S/C16H20N2O4S/c1-16(2)12-18(7-8-22-16)15(19)11-23(20,21)10-14-5-3-13(9-17)4-6-14/h3-6H,7-8,10-12H2,1-2H3. The zero-order chi connectivity index (χ0) is 17.1. The molecule has 1 fully saturated rings. The van der Waals surface area contributed by atoms with E-state index in [1.165, 1.54) is 0 Å². The van der Waals surface area contributed by atoms with Crippen LogP contribution in [-0.2, 0) is 25.1 Å². The molecule has 0 N–H and O–H groups in total. The summed E-state index contributed by atoms with van der Waals surface area (Å²) in [6, 6.07) is 8.30. The van der Waals surface area contributed by atoms with Crippen LogP contribution in [0.15, 0.2) is 24.3 Å². The van der Waals surface area contributed by atoms with Crippen molar-refractivity contribution in [3.8, 4) is 6.07 Å². The van der Waals surface area contributed by atoms with Gasteiger partial charge in [-0.1, -0.05) is 12.1 Å². The fourth-order valence-corrected chi connectivity index (χ4v) is 3.85. The highest BCUT2D eigenvalue weighted by Crippen LogP contribution is 2.17. The van der Waals surface area contributed by atoms with Crippen LogP contribution in [0.2, 0.25) is 0 Å². The third-order valence-corrected chi connectivity index (χ3v) is 5.05. The third-order valence-electron chi connectivity index (χ3n) is 3.59. The van der Waals surface area contributed by atoms with Gasteiger partial charge in [0.05, 0.1) is 29.6 Å². The quantitative estimate of drug-likeness (QED) is 0.822. The number of benzene rings is 1. The van der Waals surface area contributed by atoms with Gasteiger partial charge in [-0.25, -0.2) is 8.42 Å². The van der Waals surface area contributed by atoms with E-state index < -0.39 is 27.1 Å². The number of nitrogens with zero attached hydrogens (tertiary/aromatic N) is 2. The monoisotopic (exact) mass is 336 g/mol. The molecule has 2 rings (SSSR count). The van der Waals surface area contributed by atoms with Gasteiger partial charge in [-0.15, -0.1) is 0 Å². The van der Waals surface area contributed by atoms with E-state index in [1.807, 2.05) is 19.9 Å². The molecule has 0 atom stereocenters. The van der Waals surface area contributed by atoms with E-state index in [0.29, 0.717) is 30.8 Å². The molecule has 0 saturated carbocycles. The van der Waals surface area contributed by atoms with Gasteiger partial charge in [0.15, 0.2) is 9.84 Å². The average Bonchev–Trinajstić information content (AvgIpc) is 2.46. The molecular weight excluding hydrogens is 316 g/mol. The van der Waals surface area contributed by atoms with Gasteiger partial charge in [0.2, 0.25) is 5.91 Å². The summed E-state index contributed by atoms with van der Waals surface area (Å²) in [7, 11) is -3.55. The molecule has 1 amide bonds. The van der Waals surface area contributed by atoms with Gasteiger partial charge in [-0.2, -0.15) is 5.26 Å². The van der Waals surface area contributed by atoms with Gasteiger partial charge in [0.25, 0.3) is 0 Å². The van der Waals surface area contributed by atoms with Crippen molar-refractivity contribution in [2.24, 2.45) is 0 Å². The van der Waals surface area contributed by atoms with Crippen LogP contribution in [0.4, 0.5) is 0 Å². The van der Waals surface area contributed by atoms with Crippen LogP contribution in [-0.4, -0.2) is 50.3 Å². The van der Waals surface area contributed by atoms with Crippen molar-refractivity contribution < 1.29 is 17.9 Å². The Morgan fingerprint density at radius 1 is 1.35 bits per heavy atom. The molecule has 1 aliphatic heterocycles. The molecule has 1 saturated heterocycles. The first-order valence-electron chi connectivity index (χ1n) is 7.32. The van der Waals surface area contributed by atoms with E-state index in [2.05, 4.69) is 0 Å². The summed E-state index contributed by atoms with van der Waals surface area (Å²) in [5.74, 6) is -1.11. The molecule has 7 heteroatoms. The molecule has 1 aromatic rings. The number of nitriles is 1. The number of sulfone groups is 1. The predicted molar refractivity (Wildman–Crippen MR) is 85.3 cm³/mol. The lowest BCUT2D eigenvalue weighted by atomic mass is 10.1. The first kappa shape index (κ1) is 17.4. The summed E-state index contributed by atoms with van der Waals surface area (Å²) in [4.78, 5) is 13.8. The van der Waals surface area contributed by atoms with Gasteiger partial charge in [0.1, 0.15) is 5.75 Å². The maximum atomic E-state index is 12.2. The van der Waals surface area contributed by atoms with Gasteiger partial charge in [-0.05, 0) is 31.5 Å². The Bertz CT molecular complexity index is 717. The summed E-state index contributed by atoms with van der Waals surface area (Å²) >= 11 is 0. The van der Waals surface area contributed by atoms with E-state index in [0.717, 1.165) is 0 Å². The number of hydrogen-bond donors (Lipinski definition) is 0. The first-order valence-corrected chi connectivity index (χ1v) is 9.14. The van der Waals surface area contributed by atoms with Crippen LogP contribution in [0.25, 0.3) is 0 Å². The Hall–Kier alpha value is -1.91. The number of amides is 1. The van der Waals surface area contributed by atoms with Crippen molar-refractivity contribution in [1.82, 2.24) is 4.90 Å². The van der Waals surface area contributed by atoms with E-state index in [1.54, 1.807) is 29.2 Å². The zero-order valence-corrected chi connectivity index (χ0v) is 14.1. The highest BCUT2D eigenvalue weighted by molar-refractivity contribution is 7.91. The van der Waals surface area contributed by atoms with E-state index >= 15 is 0 Å². The minimum absolute atomic E-state index is 0.210.